The van der Waals surface area contributed by atoms with Crippen LogP contribution < -0.4 is 5.32 Å². The molecule has 0 radical (unpaired) electrons. The summed E-state index contributed by atoms with van der Waals surface area (Å²) in [6, 6.07) is 11.6. The van der Waals surface area contributed by atoms with Crippen LogP contribution in [0.2, 0.25) is 0 Å². The van der Waals surface area contributed by atoms with Crippen molar-refractivity contribution in [2.75, 3.05) is 5.32 Å². The van der Waals surface area contributed by atoms with E-state index in [2.05, 4.69) is 31.2 Å². The van der Waals surface area contributed by atoms with E-state index in [-0.39, 0.29) is 22.4 Å². The van der Waals surface area contributed by atoms with E-state index in [1.165, 1.54) is 18.5 Å². The molecule has 0 aliphatic rings. The Labute approximate surface area is 165 Å². The van der Waals surface area contributed by atoms with Crippen LogP contribution in [0.4, 0.5) is 5.13 Å². The molecule has 0 aromatic carbocycles. The molecule has 0 unspecified atom stereocenters. The summed E-state index contributed by atoms with van der Waals surface area (Å²) in [4.78, 5) is 33.9. The maximum Gasteiger partial charge on any atom is 0.293 e. The molecule has 27 heavy (non-hydrogen) atoms. The Morgan fingerprint density at radius 1 is 1.11 bits per heavy atom. The van der Waals surface area contributed by atoms with Gasteiger partial charge in [0, 0.05) is 6.20 Å². The predicted octanol–water partition coefficient (Wildman–Crippen LogP) is 4.64. The largest absolute Gasteiger partial charge is 0.463 e. The maximum atomic E-state index is 12.9. The van der Waals surface area contributed by atoms with E-state index < -0.39 is 5.91 Å². The van der Waals surface area contributed by atoms with Crippen molar-refractivity contribution in [3.63, 3.8) is 0 Å². The SMILES string of the molecule is O=C(Nc1nc(-c2ccco2)c(C(=O)c2ccccn2)s1)c1ccc(Br)o1. The summed E-state index contributed by atoms with van der Waals surface area (Å²) in [6.07, 6.45) is 3.03. The van der Waals surface area contributed by atoms with Crippen LogP contribution >= 0.6 is 27.3 Å². The van der Waals surface area contributed by atoms with Crippen molar-refractivity contribution in [2.45, 2.75) is 0 Å². The number of thiazole rings is 1. The summed E-state index contributed by atoms with van der Waals surface area (Å²) in [5, 5.41) is 2.89. The summed E-state index contributed by atoms with van der Waals surface area (Å²) in [5.41, 5.74) is 0.623. The van der Waals surface area contributed by atoms with Crippen LogP contribution in [0.3, 0.4) is 0 Å². The highest BCUT2D eigenvalue weighted by Gasteiger charge is 2.24. The number of anilines is 1. The number of nitrogens with zero attached hydrogens (tertiary/aromatic N) is 2. The molecule has 4 heterocycles. The number of hydrogen-bond donors (Lipinski definition) is 1. The predicted molar refractivity (Wildman–Crippen MR) is 102 cm³/mol. The minimum atomic E-state index is -0.475. The molecular weight excluding hydrogens is 434 g/mol. The zero-order valence-electron chi connectivity index (χ0n) is 13.5. The Morgan fingerprint density at radius 3 is 2.67 bits per heavy atom. The first-order valence-electron chi connectivity index (χ1n) is 7.69. The number of carbonyl (C=O) groups excluding carboxylic acids is 2. The first-order valence-corrected chi connectivity index (χ1v) is 9.30. The Hall–Kier alpha value is -3.04. The molecular formula is C18H10BrN3O4S. The average Bonchev–Trinajstić information content (AvgIpc) is 3.42. The van der Waals surface area contributed by atoms with Crippen LogP contribution in [0.25, 0.3) is 11.5 Å². The van der Waals surface area contributed by atoms with E-state index in [1.807, 2.05) is 0 Å². The fraction of sp³-hybridized carbons (Fsp3) is 0. The van der Waals surface area contributed by atoms with Crippen molar-refractivity contribution in [1.29, 1.82) is 0 Å². The molecule has 9 heteroatoms. The fourth-order valence-electron chi connectivity index (χ4n) is 2.32. The number of furan rings is 2. The Bertz CT molecular complexity index is 1100. The van der Waals surface area contributed by atoms with E-state index in [1.54, 1.807) is 36.4 Å². The molecule has 4 rings (SSSR count). The number of ketones is 1. The summed E-state index contributed by atoms with van der Waals surface area (Å²) in [5.74, 6) is -0.237. The molecule has 0 fully saturated rings. The van der Waals surface area contributed by atoms with Gasteiger partial charge in [0.15, 0.2) is 21.3 Å². The minimum absolute atomic E-state index is 0.120. The molecule has 1 amide bonds. The lowest BCUT2D eigenvalue weighted by Crippen LogP contribution is -2.10. The Kier molecular flexibility index (Phi) is 4.69. The highest BCUT2D eigenvalue weighted by atomic mass is 79.9. The molecule has 0 bridgehead atoms. The van der Waals surface area contributed by atoms with Crippen molar-refractivity contribution in [3.8, 4) is 11.5 Å². The van der Waals surface area contributed by atoms with Gasteiger partial charge in [0.25, 0.3) is 5.91 Å². The number of rotatable bonds is 5. The standard InChI is InChI=1S/C18H10BrN3O4S/c19-13-7-6-12(26-13)17(24)22-18-21-14(11-5-3-9-25-11)16(27-18)15(23)10-4-1-2-8-20-10/h1-9H,(H,21,22,24). The van der Waals surface area contributed by atoms with E-state index >= 15 is 0 Å². The molecule has 4 aromatic heterocycles. The van der Waals surface area contributed by atoms with Crippen molar-refractivity contribution < 1.29 is 18.4 Å². The third kappa shape index (κ3) is 3.60. The van der Waals surface area contributed by atoms with E-state index in [0.717, 1.165) is 11.3 Å². The third-order valence-electron chi connectivity index (χ3n) is 3.50. The van der Waals surface area contributed by atoms with Gasteiger partial charge < -0.3 is 8.83 Å². The zero-order valence-corrected chi connectivity index (χ0v) is 15.9. The number of hydrogen-bond acceptors (Lipinski definition) is 7. The van der Waals surface area contributed by atoms with E-state index in [4.69, 9.17) is 8.83 Å². The van der Waals surface area contributed by atoms with Crippen LogP contribution in [0.15, 0.2) is 68.4 Å². The van der Waals surface area contributed by atoms with Gasteiger partial charge in [-0.25, -0.2) is 4.98 Å². The average molecular weight is 444 g/mol. The number of pyridine rings is 1. The number of nitrogens with one attached hydrogen (secondary N) is 1. The summed E-state index contributed by atoms with van der Waals surface area (Å²) in [7, 11) is 0. The van der Waals surface area contributed by atoms with Gasteiger partial charge in [-0.2, -0.15) is 0 Å². The second-order valence-corrected chi connectivity index (χ2v) is 7.06. The van der Waals surface area contributed by atoms with Crippen LogP contribution in [0.1, 0.15) is 25.9 Å². The van der Waals surface area contributed by atoms with Gasteiger partial charge in [0.05, 0.1) is 6.26 Å². The minimum Gasteiger partial charge on any atom is -0.463 e. The van der Waals surface area contributed by atoms with Gasteiger partial charge in [-0.1, -0.05) is 17.4 Å². The number of carbonyl (C=O) groups is 2. The first-order chi connectivity index (χ1) is 13.1. The third-order valence-corrected chi connectivity index (χ3v) is 4.90. The Morgan fingerprint density at radius 2 is 2.00 bits per heavy atom. The quantitative estimate of drug-likeness (QED) is 0.451. The summed E-state index contributed by atoms with van der Waals surface area (Å²) >= 11 is 4.19. The van der Waals surface area contributed by atoms with Crippen molar-refractivity contribution in [1.82, 2.24) is 9.97 Å². The second kappa shape index (κ2) is 7.29. The topological polar surface area (TPSA) is 98.2 Å². The van der Waals surface area contributed by atoms with Gasteiger partial charge in [-0.15, -0.1) is 0 Å². The van der Waals surface area contributed by atoms with Gasteiger partial charge in [-0.3, -0.25) is 19.9 Å². The maximum absolute atomic E-state index is 12.9. The smallest absolute Gasteiger partial charge is 0.293 e. The highest BCUT2D eigenvalue weighted by molar-refractivity contribution is 9.10. The van der Waals surface area contributed by atoms with Crippen molar-refractivity contribution >= 4 is 44.1 Å². The highest BCUT2D eigenvalue weighted by Crippen LogP contribution is 2.33. The van der Waals surface area contributed by atoms with Crippen LogP contribution in [0.5, 0.6) is 0 Å². The molecule has 0 aliphatic heterocycles. The lowest BCUT2D eigenvalue weighted by atomic mass is 10.1. The molecule has 0 aliphatic carbocycles. The molecule has 4 aromatic rings. The molecule has 0 saturated heterocycles. The molecule has 134 valence electrons. The van der Waals surface area contributed by atoms with Crippen molar-refractivity contribution in [2.24, 2.45) is 0 Å². The Balaban J connectivity index is 1.70. The second-order valence-electron chi connectivity index (χ2n) is 5.28. The summed E-state index contributed by atoms with van der Waals surface area (Å²) in [6.45, 7) is 0. The normalized spacial score (nSPS) is 10.7. The molecule has 0 saturated carbocycles. The van der Waals surface area contributed by atoms with Crippen LogP contribution in [-0.2, 0) is 0 Å². The number of amides is 1. The van der Waals surface area contributed by atoms with Gasteiger partial charge >= 0.3 is 0 Å². The monoisotopic (exact) mass is 443 g/mol. The number of aromatic nitrogens is 2. The lowest BCUT2D eigenvalue weighted by Gasteiger charge is -1.98. The van der Waals surface area contributed by atoms with Crippen LogP contribution in [0, 0.1) is 0 Å². The lowest BCUT2D eigenvalue weighted by molar-refractivity contribution is 0.0994. The summed E-state index contributed by atoms with van der Waals surface area (Å²) < 4.78 is 11.1. The van der Waals surface area contributed by atoms with Gasteiger partial charge in [-0.05, 0) is 52.3 Å². The van der Waals surface area contributed by atoms with Crippen molar-refractivity contribution in [3.05, 3.63) is 75.9 Å². The van der Waals surface area contributed by atoms with E-state index in [0.29, 0.717) is 21.0 Å². The van der Waals surface area contributed by atoms with E-state index in [9.17, 15) is 9.59 Å². The van der Waals surface area contributed by atoms with Gasteiger partial charge in [0.1, 0.15) is 16.3 Å². The van der Waals surface area contributed by atoms with Crippen LogP contribution in [-0.4, -0.2) is 21.7 Å². The van der Waals surface area contributed by atoms with Gasteiger partial charge in [0.2, 0.25) is 5.78 Å². The molecule has 0 atom stereocenters. The molecule has 7 nitrogen and oxygen atoms in total. The molecule has 0 spiro atoms. The molecule has 1 N–H and O–H groups in total. The first kappa shape index (κ1) is 17.4. The number of halogens is 1. The zero-order chi connectivity index (χ0) is 18.8. The fourth-order valence-corrected chi connectivity index (χ4v) is 3.54.